The SMILES string of the molecule is N#Cc1cc(Br)ccc1Sc1nnc2ccccn12. The van der Waals surface area contributed by atoms with Crippen LogP contribution in [-0.2, 0) is 0 Å². The second-order valence-electron chi connectivity index (χ2n) is 3.77. The standard InChI is InChI=1S/C13H7BrN4S/c14-10-4-5-11(9(7-10)8-15)19-13-17-16-12-3-1-2-6-18(12)13/h1-7H. The van der Waals surface area contributed by atoms with Gasteiger partial charge in [-0.25, -0.2) is 0 Å². The van der Waals surface area contributed by atoms with Crippen molar-refractivity contribution in [3.05, 3.63) is 52.6 Å². The maximum absolute atomic E-state index is 9.16. The lowest BCUT2D eigenvalue weighted by Crippen LogP contribution is -1.87. The molecule has 0 radical (unpaired) electrons. The minimum absolute atomic E-state index is 0.618. The summed E-state index contributed by atoms with van der Waals surface area (Å²) in [5.41, 5.74) is 1.41. The van der Waals surface area contributed by atoms with E-state index in [2.05, 4.69) is 32.2 Å². The van der Waals surface area contributed by atoms with Gasteiger partial charge in [0, 0.05) is 15.6 Å². The van der Waals surface area contributed by atoms with Crippen LogP contribution < -0.4 is 0 Å². The molecule has 0 N–H and O–H groups in total. The van der Waals surface area contributed by atoms with Crippen LogP contribution in [0.1, 0.15) is 5.56 Å². The highest BCUT2D eigenvalue weighted by Crippen LogP contribution is 2.30. The van der Waals surface area contributed by atoms with Crippen LogP contribution in [0, 0.1) is 11.3 Å². The summed E-state index contributed by atoms with van der Waals surface area (Å²) in [6.45, 7) is 0. The molecule has 2 heterocycles. The lowest BCUT2D eigenvalue weighted by molar-refractivity contribution is 0.921. The topological polar surface area (TPSA) is 54.0 Å². The first-order chi connectivity index (χ1) is 9.28. The normalized spacial score (nSPS) is 10.5. The number of rotatable bonds is 2. The Hall–Kier alpha value is -1.84. The predicted molar refractivity (Wildman–Crippen MR) is 76.0 cm³/mol. The number of fused-ring (bicyclic) bond motifs is 1. The number of hydrogen-bond acceptors (Lipinski definition) is 4. The quantitative estimate of drug-likeness (QED) is 0.721. The average Bonchev–Trinajstić information content (AvgIpc) is 2.84. The van der Waals surface area contributed by atoms with Gasteiger partial charge in [0.25, 0.3) is 0 Å². The van der Waals surface area contributed by atoms with Gasteiger partial charge in [0.15, 0.2) is 10.8 Å². The van der Waals surface area contributed by atoms with Gasteiger partial charge >= 0.3 is 0 Å². The van der Waals surface area contributed by atoms with Gasteiger partial charge in [0.1, 0.15) is 6.07 Å². The molecule has 0 aliphatic rings. The first-order valence-corrected chi connectivity index (χ1v) is 7.06. The van der Waals surface area contributed by atoms with Crippen molar-refractivity contribution in [3.63, 3.8) is 0 Å². The number of nitriles is 1. The number of pyridine rings is 1. The van der Waals surface area contributed by atoms with Gasteiger partial charge in [-0.3, -0.25) is 4.40 Å². The first-order valence-electron chi connectivity index (χ1n) is 5.45. The Balaban J connectivity index is 2.04. The van der Waals surface area contributed by atoms with Crippen molar-refractivity contribution < 1.29 is 0 Å². The second kappa shape index (κ2) is 5.03. The van der Waals surface area contributed by atoms with Crippen molar-refractivity contribution >= 4 is 33.3 Å². The minimum atomic E-state index is 0.618. The van der Waals surface area contributed by atoms with E-state index in [4.69, 9.17) is 5.26 Å². The molecule has 0 fully saturated rings. The Morgan fingerprint density at radius 3 is 2.95 bits per heavy atom. The van der Waals surface area contributed by atoms with E-state index in [1.54, 1.807) is 6.07 Å². The van der Waals surface area contributed by atoms with Gasteiger partial charge in [0.05, 0.1) is 5.56 Å². The van der Waals surface area contributed by atoms with Crippen molar-refractivity contribution in [2.75, 3.05) is 0 Å². The molecule has 0 aliphatic carbocycles. The van der Waals surface area contributed by atoms with Gasteiger partial charge in [-0.15, -0.1) is 10.2 Å². The van der Waals surface area contributed by atoms with Crippen LogP contribution in [0.4, 0.5) is 0 Å². The Morgan fingerprint density at radius 1 is 1.21 bits per heavy atom. The average molecular weight is 331 g/mol. The minimum Gasteiger partial charge on any atom is -0.277 e. The molecule has 2 aromatic heterocycles. The smallest absolute Gasteiger partial charge is 0.200 e. The van der Waals surface area contributed by atoms with Crippen molar-refractivity contribution in [1.82, 2.24) is 14.6 Å². The third kappa shape index (κ3) is 2.35. The molecule has 4 nitrogen and oxygen atoms in total. The van der Waals surface area contributed by atoms with E-state index in [0.717, 1.165) is 20.2 Å². The lowest BCUT2D eigenvalue weighted by Gasteiger charge is -2.02. The van der Waals surface area contributed by atoms with E-state index < -0.39 is 0 Å². The summed E-state index contributed by atoms with van der Waals surface area (Å²) in [4.78, 5) is 0.865. The maximum atomic E-state index is 9.16. The molecule has 19 heavy (non-hydrogen) atoms. The molecule has 3 rings (SSSR count). The summed E-state index contributed by atoms with van der Waals surface area (Å²) in [6, 6.07) is 13.5. The van der Waals surface area contributed by atoms with E-state index >= 15 is 0 Å². The zero-order chi connectivity index (χ0) is 13.2. The summed E-state index contributed by atoms with van der Waals surface area (Å²) >= 11 is 4.79. The third-order valence-corrected chi connectivity index (χ3v) is 4.08. The van der Waals surface area contributed by atoms with Crippen LogP contribution in [0.15, 0.2) is 57.1 Å². The molecule has 0 spiro atoms. The predicted octanol–water partition coefficient (Wildman–Crippen LogP) is 3.51. The molecular formula is C13H7BrN4S. The highest BCUT2D eigenvalue weighted by Gasteiger charge is 2.10. The summed E-state index contributed by atoms with van der Waals surface area (Å²) in [5.74, 6) is 0. The fourth-order valence-electron chi connectivity index (χ4n) is 1.67. The van der Waals surface area contributed by atoms with E-state index in [1.807, 2.05) is 40.9 Å². The number of hydrogen-bond donors (Lipinski definition) is 0. The molecule has 1 aromatic carbocycles. The number of benzene rings is 1. The number of aromatic nitrogens is 3. The number of nitrogens with zero attached hydrogens (tertiary/aromatic N) is 4. The monoisotopic (exact) mass is 330 g/mol. The molecule has 3 aromatic rings. The summed E-state index contributed by atoms with van der Waals surface area (Å²) in [6.07, 6.45) is 1.91. The summed E-state index contributed by atoms with van der Waals surface area (Å²) in [5, 5.41) is 18.1. The molecule has 0 amide bonds. The molecule has 0 unspecified atom stereocenters. The molecule has 0 aliphatic heterocycles. The Morgan fingerprint density at radius 2 is 2.11 bits per heavy atom. The Kier molecular flexibility index (Phi) is 3.23. The fourth-order valence-corrected chi connectivity index (χ4v) is 2.91. The van der Waals surface area contributed by atoms with E-state index in [9.17, 15) is 0 Å². The summed E-state index contributed by atoms with van der Waals surface area (Å²) < 4.78 is 2.79. The largest absolute Gasteiger partial charge is 0.277 e. The van der Waals surface area contributed by atoms with Crippen LogP contribution in [0.3, 0.4) is 0 Å². The molecular weight excluding hydrogens is 324 g/mol. The third-order valence-electron chi connectivity index (χ3n) is 2.55. The van der Waals surface area contributed by atoms with E-state index in [-0.39, 0.29) is 0 Å². The molecule has 92 valence electrons. The van der Waals surface area contributed by atoms with E-state index in [1.165, 1.54) is 11.8 Å². The molecule has 6 heteroatoms. The van der Waals surface area contributed by atoms with Crippen molar-refractivity contribution in [2.45, 2.75) is 10.1 Å². The zero-order valence-electron chi connectivity index (χ0n) is 9.62. The van der Waals surface area contributed by atoms with Gasteiger partial charge in [-0.1, -0.05) is 22.0 Å². The van der Waals surface area contributed by atoms with Gasteiger partial charge in [0.2, 0.25) is 0 Å². The van der Waals surface area contributed by atoms with E-state index in [0.29, 0.717) is 5.56 Å². The Labute approximate surface area is 122 Å². The maximum Gasteiger partial charge on any atom is 0.200 e. The van der Waals surface area contributed by atoms with Gasteiger partial charge in [-0.2, -0.15) is 5.26 Å². The number of halogens is 1. The van der Waals surface area contributed by atoms with Crippen LogP contribution in [0.25, 0.3) is 5.65 Å². The second-order valence-corrected chi connectivity index (χ2v) is 5.69. The fraction of sp³-hybridized carbons (Fsp3) is 0. The van der Waals surface area contributed by atoms with Crippen molar-refractivity contribution in [2.24, 2.45) is 0 Å². The Bertz CT molecular complexity index is 791. The first kappa shape index (κ1) is 12.2. The lowest BCUT2D eigenvalue weighted by atomic mass is 10.2. The van der Waals surface area contributed by atoms with Crippen LogP contribution in [-0.4, -0.2) is 14.6 Å². The molecule has 0 bridgehead atoms. The van der Waals surface area contributed by atoms with Crippen molar-refractivity contribution in [1.29, 1.82) is 5.26 Å². The highest BCUT2D eigenvalue weighted by molar-refractivity contribution is 9.10. The summed E-state index contributed by atoms with van der Waals surface area (Å²) in [7, 11) is 0. The van der Waals surface area contributed by atoms with Gasteiger partial charge in [-0.05, 0) is 42.1 Å². The molecule has 0 saturated heterocycles. The zero-order valence-corrected chi connectivity index (χ0v) is 12.0. The van der Waals surface area contributed by atoms with Gasteiger partial charge < -0.3 is 0 Å². The molecule has 0 saturated carbocycles. The van der Waals surface area contributed by atoms with Crippen LogP contribution in [0.2, 0.25) is 0 Å². The van der Waals surface area contributed by atoms with Crippen molar-refractivity contribution in [3.8, 4) is 6.07 Å². The van der Waals surface area contributed by atoms with Crippen LogP contribution in [0.5, 0.6) is 0 Å². The molecule has 0 atom stereocenters. The highest BCUT2D eigenvalue weighted by atomic mass is 79.9. The van der Waals surface area contributed by atoms with Crippen LogP contribution >= 0.6 is 27.7 Å².